The fourth-order valence-electron chi connectivity index (χ4n) is 6.07. The highest BCUT2D eigenvalue weighted by molar-refractivity contribution is 7.90. The normalized spacial score (nSPS) is 19.9. The number of halogens is 1. The third kappa shape index (κ3) is 6.06. The molecule has 214 valence electrons. The van der Waals surface area contributed by atoms with Gasteiger partial charge in [0.15, 0.2) is 9.84 Å². The molecule has 1 saturated carbocycles. The molecule has 1 aliphatic carbocycles. The van der Waals surface area contributed by atoms with E-state index in [1.54, 1.807) is 12.1 Å². The van der Waals surface area contributed by atoms with Gasteiger partial charge in [-0.25, -0.2) is 17.8 Å². The molecule has 2 fully saturated rings. The summed E-state index contributed by atoms with van der Waals surface area (Å²) in [5, 5.41) is 0. The average Bonchev–Trinajstić information content (AvgIpc) is 3.41. The van der Waals surface area contributed by atoms with E-state index < -0.39 is 15.7 Å². The van der Waals surface area contributed by atoms with Crippen molar-refractivity contribution < 1.29 is 22.3 Å². The summed E-state index contributed by atoms with van der Waals surface area (Å²) in [6.45, 7) is 2.70. The molecule has 9 heteroatoms. The zero-order chi connectivity index (χ0) is 28.6. The number of nitrogens with zero attached hydrogens (tertiary/aromatic N) is 2. The van der Waals surface area contributed by atoms with Crippen molar-refractivity contribution in [2.45, 2.75) is 42.9 Å². The number of aromatic amines is 1. The molecular weight excluding hydrogens is 541 g/mol. The van der Waals surface area contributed by atoms with Crippen LogP contribution < -0.4 is 0 Å². The first-order chi connectivity index (χ1) is 19.7. The van der Waals surface area contributed by atoms with Gasteiger partial charge in [-0.1, -0.05) is 30.3 Å². The molecular formula is C32H34FN3O4S. The molecule has 41 heavy (non-hydrogen) atoms. The predicted octanol–water partition coefficient (Wildman–Crippen LogP) is 5.96. The summed E-state index contributed by atoms with van der Waals surface area (Å²) in [5.41, 5.74) is 4.44. The molecule has 0 unspecified atom stereocenters. The number of hydrogen-bond donors (Lipinski definition) is 1. The van der Waals surface area contributed by atoms with Crippen molar-refractivity contribution in [3.63, 3.8) is 0 Å². The van der Waals surface area contributed by atoms with Crippen LogP contribution in [0.25, 0.3) is 33.5 Å². The van der Waals surface area contributed by atoms with Crippen LogP contribution in [-0.2, 0) is 19.4 Å². The topological polar surface area (TPSA) is 92.4 Å². The molecule has 6 rings (SSSR count). The molecule has 2 aliphatic rings. The Kier molecular flexibility index (Phi) is 7.66. The number of rotatable bonds is 6. The number of carbonyl (C=O) groups excluding carboxylic acids is 1. The number of amides is 1. The Morgan fingerprint density at radius 1 is 0.976 bits per heavy atom. The van der Waals surface area contributed by atoms with Crippen LogP contribution >= 0.6 is 0 Å². The minimum atomic E-state index is -3.35. The molecule has 1 saturated heterocycles. The van der Waals surface area contributed by atoms with Crippen LogP contribution in [0.1, 0.15) is 43.6 Å². The maximum absolute atomic E-state index is 15.2. The van der Waals surface area contributed by atoms with Gasteiger partial charge in [-0.2, -0.15) is 0 Å². The van der Waals surface area contributed by atoms with Crippen LogP contribution in [0.15, 0.2) is 65.6 Å². The number of hydrogen-bond acceptors (Lipinski definition) is 5. The zero-order valence-corrected chi connectivity index (χ0v) is 23.9. The number of sulfone groups is 1. The van der Waals surface area contributed by atoms with Crippen molar-refractivity contribution >= 4 is 26.8 Å². The van der Waals surface area contributed by atoms with E-state index in [-0.39, 0.29) is 10.8 Å². The highest BCUT2D eigenvalue weighted by atomic mass is 32.2. The SMILES string of the molecule is CS(=O)(=O)c1ccc2nc(-c3ccc(-c4ccc(C5CCC(CC(=O)N6CCOCC6)CC5)cc4)cc3F)[nH]c2c1. The number of ether oxygens (including phenoxy) is 1. The molecule has 4 aromatic rings. The van der Waals surface area contributed by atoms with Crippen LogP contribution in [0.5, 0.6) is 0 Å². The van der Waals surface area contributed by atoms with Crippen molar-refractivity contribution in [1.82, 2.24) is 14.9 Å². The van der Waals surface area contributed by atoms with Gasteiger partial charge < -0.3 is 14.6 Å². The van der Waals surface area contributed by atoms with Crippen molar-refractivity contribution in [3.8, 4) is 22.5 Å². The van der Waals surface area contributed by atoms with Crippen LogP contribution in [0.3, 0.4) is 0 Å². The lowest BCUT2D eigenvalue weighted by Crippen LogP contribution is -2.41. The number of H-pyrrole nitrogens is 1. The number of benzene rings is 3. The van der Waals surface area contributed by atoms with Gasteiger partial charge in [-0.05, 0) is 84.5 Å². The smallest absolute Gasteiger partial charge is 0.223 e. The molecule has 1 aromatic heterocycles. The molecule has 1 amide bonds. The van der Waals surface area contributed by atoms with E-state index in [2.05, 4.69) is 22.1 Å². The Bertz CT molecular complexity index is 1670. The van der Waals surface area contributed by atoms with Crippen LogP contribution in [-0.4, -0.2) is 61.8 Å². The molecule has 2 heterocycles. The molecule has 0 spiro atoms. The first-order valence-electron chi connectivity index (χ1n) is 14.2. The Balaban J connectivity index is 1.10. The minimum absolute atomic E-state index is 0.186. The second kappa shape index (κ2) is 11.4. The summed E-state index contributed by atoms with van der Waals surface area (Å²) in [6, 6.07) is 18.1. The second-order valence-corrected chi connectivity index (χ2v) is 13.3. The van der Waals surface area contributed by atoms with Gasteiger partial charge in [0.05, 0.1) is 34.7 Å². The second-order valence-electron chi connectivity index (χ2n) is 11.3. The van der Waals surface area contributed by atoms with Gasteiger partial charge in [0.25, 0.3) is 0 Å². The monoisotopic (exact) mass is 575 g/mol. The van der Waals surface area contributed by atoms with E-state index in [0.717, 1.165) is 43.1 Å². The number of nitrogens with one attached hydrogen (secondary N) is 1. The van der Waals surface area contributed by atoms with Crippen molar-refractivity contribution in [2.75, 3.05) is 32.6 Å². The van der Waals surface area contributed by atoms with Gasteiger partial charge in [-0.15, -0.1) is 0 Å². The minimum Gasteiger partial charge on any atom is -0.378 e. The molecule has 1 aliphatic heterocycles. The van der Waals surface area contributed by atoms with Crippen LogP contribution in [0.2, 0.25) is 0 Å². The fraction of sp³-hybridized carbons (Fsp3) is 0.375. The first-order valence-corrected chi connectivity index (χ1v) is 16.1. The number of imidazole rings is 1. The van der Waals surface area contributed by atoms with E-state index in [1.165, 1.54) is 23.8 Å². The summed E-state index contributed by atoms with van der Waals surface area (Å²) in [7, 11) is -3.35. The standard InChI is InChI=1S/C32H34FN3O4S/c1-41(38,39)26-11-13-29-30(20-26)35-32(34-29)27-12-10-25(19-28(27)33)24-8-6-23(7-9-24)22-4-2-21(3-5-22)18-31(37)36-14-16-40-17-15-36/h6-13,19-22H,2-5,14-18H2,1H3,(H,34,35). The number of morpholine rings is 1. The number of aromatic nitrogens is 2. The van der Waals surface area contributed by atoms with Gasteiger partial charge in [0, 0.05) is 25.8 Å². The van der Waals surface area contributed by atoms with Crippen LogP contribution in [0.4, 0.5) is 4.39 Å². The van der Waals surface area contributed by atoms with E-state index in [9.17, 15) is 13.2 Å². The molecule has 0 radical (unpaired) electrons. The van der Waals surface area contributed by atoms with Crippen LogP contribution in [0, 0.1) is 11.7 Å². The number of carbonyl (C=O) groups is 1. The van der Waals surface area contributed by atoms with Crippen molar-refractivity contribution in [2.24, 2.45) is 5.92 Å². The summed E-state index contributed by atoms with van der Waals surface area (Å²) in [6.07, 6.45) is 6.07. The highest BCUT2D eigenvalue weighted by Gasteiger charge is 2.26. The highest BCUT2D eigenvalue weighted by Crippen LogP contribution is 2.38. The van der Waals surface area contributed by atoms with Crippen molar-refractivity contribution in [1.29, 1.82) is 0 Å². The fourth-order valence-corrected chi connectivity index (χ4v) is 6.72. The largest absolute Gasteiger partial charge is 0.378 e. The predicted molar refractivity (Wildman–Crippen MR) is 157 cm³/mol. The summed E-state index contributed by atoms with van der Waals surface area (Å²) < 4.78 is 44.4. The third-order valence-corrected chi connectivity index (χ3v) is 9.61. The zero-order valence-electron chi connectivity index (χ0n) is 23.1. The van der Waals surface area contributed by atoms with Gasteiger partial charge >= 0.3 is 0 Å². The first kappa shape index (κ1) is 27.6. The Hall–Kier alpha value is -3.56. The maximum atomic E-state index is 15.2. The van der Waals surface area contributed by atoms with Gasteiger partial charge in [0.2, 0.25) is 5.91 Å². The van der Waals surface area contributed by atoms with E-state index in [0.29, 0.717) is 67.0 Å². The Labute approximate surface area is 239 Å². The molecule has 7 nitrogen and oxygen atoms in total. The lowest BCUT2D eigenvalue weighted by molar-refractivity contribution is -0.136. The molecule has 1 N–H and O–H groups in total. The van der Waals surface area contributed by atoms with E-state index in [1.807, 2.05) is 23.1 Å². The lowest BCUT2D eigenvalue weighted by Gasteiger charge is -2.32. The van der Waals surface area contributed by atoms with Gasteiger partial charge in [0.1, 0.15) is 11.6 Å². The van der Waals surface area contributed by atoms with Gasteiger partial charge in [-0.3, -0.25) is 4.79 Å². The summed E-state index contributed by atoms with van der Waals surface area (Å²) in [5.74, 6) is 1.15. The lowest BCUT2D eigenvalue weighted by atomic mass is 9.77. The quantitative estimate of drug-likeness (QED) is 0.306. The van der Waals surface area contributed by atoms with E-state index >= 15 is 4.39 Å². The third-order valence-electron chi connectivity index (χ3n) is 8.49. The average molecular weight is 576 g/mol. The van der Waals surface area contributed by atoms with Crippen molar-refractivity contribution in [3.05, 3.63) is 72.0 Å². The molecule has 3 aromatic carbocycles. The number of fused-ring (bicyclic) bond motifs is 1. The Morgan fingerprint density at radius 3 is 2.37 bits per heavy atom. The van der Waals surface area contributed by atoms with E-state index in [4.69, 9.17) is 4.74 Å². The maximum Gasteiger partial charge on any atom is 0.223 e. The summed E-state index contributed by atoms with van der Waals surface area (Å²) >= 11 is 0. The molecule has 0 bridgehead atoms. The Morgan fingerprint density at radius 2 is 1.68 bits per heavy atom. The summed E-state index contributed by atoms with van der Waals surface area (Å²) in [4.78, 5) is 22.3. The molecule has 0 atom stereocenters.